The van der Waals surface area contributed by atoms with Crippen molar-refractivity contribution in [3.8, 4) is 0 Å². The molecule has 1 aliphatic rings. The Hall–Kier alpha value is -2.40. The quantitative estimate of drug-likeness (QED) is 0.836. The summed E-state index contributed by atoms with van der Waals surface area (Å²) in [6.07, 6.45) is 0.965. The lowest BCUT2D eigenvalue weighted by molar-refractivity contribution is -0.911. The summed E-state index contributed by atoms with van der Waals surface area (Å²) in [6.45, 7) is 10.8. The molecule has 0 aromatic heterocycles. The van der Waals surface area contributed by atoms with Gasteiger partial charge in [-0.2, -0.15) is 0 Å². The zero-order chi connectivity index (χ0) is 20.1. The number of quaternary nitrogens is 1. The zero-order valence-corrected chi connectivity index (χ0v) is 17.1. The second-order valence-electron chi connectivity index (χ2n) is 8.65. The van der Waals surface area contributed by atoms with Crippen molar-refractivity contribution in [2.45, 2.75) is 39.2 Å². The normalized spacial score (nSPS) is 17.9. The molecule has 5 heteroatoms. The Bertz CT molecular complexity index is 781. The molecule has 2 aromatic carbocycles. The molecular formula is C23H31FN3O+. The highest BCUT2D eigenvalue weighted by Gasteiger charge is 2.22. The Morgan fingerprint density at radius 2 is 1.71 bits per heavy atom. The number of amides is 2. The first-order valence-electron chi connectivity index (χ1n) is 10.1. The number of hydrogen-bond acceptors (Lipinski definition) is 1. The Labute approximate surface area is 167 Å². The number of carbonyl (C=O) groups excluding carboxylic acids is 1. The van der Waals surface area contributed by atoms with Crippen molar-refractivity contribution < 1.29 is 14.1 Å². The van der Waals surface area contributed by atoms with E-state index in [-0.39, 0.29) is 17.3 Å². The van der Waals surface area contributed by atoms with E-state index in [1.807, 2.05) is 29.2 Å². The fraction of sp³-hybridized carbons (Fsp3) is 0.435. The van der Waals surface area contributed by atoms with Gasteiger partial charge in [0, 0.05) is 24.2 Å². The molecule has 1 unspecified atom stereocenters. The van der Waals surface area contributed by atoms with Crippen LogP contribution in [0, 0.1) is 5.82 Å². The lowest BCUT2D eigenvalue weighted by Crippen LogP contribution is -3.11. The Morgan fingerprint density at radius 3 is 2.36 bits per heavy atom. The molecule has 0 radical (unpaired) electrons. The van der Waals surface area contributed by atoms with Crippen molar-refractivity contribution >= 4 is 11.7 Å². The van der Waals surface area contributed by atoms with Gasteiger partial charge in [-0.15, -0.1) is 0 Å². The van der Waals surface area contributed by atoms with E-state index >= 15 is 0 Å². The molecule has 1 atom stereocenters. The lowest BCUT2D eigenvalue weighted by Gasteiger charge is -2.22. The third-order valence-electron chi connectivity index (χ3n) is 5.35. The summed E-state index contributed by atoms with van der Waals surface area (Å²) in [5.41, 5.74) is 3.32. The SMILES string of the molecule is CC(C)(C)c1ccc(NC(=O)N2CCC[NH+](Cc3ccc(F)cc3)CC2)cc1. The van der Waals surface area contributed by atoms with Crippen LogP contribution in [0.2, 0.25) is 0 Å². The highest BCUT2D eigenvalue weighted by molar-refractivity contribution is 5.89. The fourth-order valence-electron chi connectivity index (χ4n) is 3.58. The van der Waals surface area contributed by atoms with Gasteiger partial charge in [0.2, 0.25) is 0 Å². The topological polar surface area (TPSA) is 36.8 Å². The van der Waals surface area contributed by atoms with E-state index in [0.717, 1.165) is 50.4 Å². The van der Waals surface area contributed by atoms with Crippen LogP contribution in [0.1, 0.15) is 38.3 Å². The Balaban J connectivity index is 1.53. The van der Waals surface area contributed by atoms with Crippen molar-refractivity contribution in [1.82, 2.24) is 4.90 Å². The minimum atomic E-state index is -0.201. The van der Waals surface area contributed by atoms with Crippen LogP contribution in [-0.4, -0.2) is 37.1 Å². The molecule has 0 bridgehead atoms. The monoisotopic (exact) mass is 384 g/mol. The van der Waals surface area contributed by atoms with Crippen molar-refractivity contribution in [2.75, 3.05) is 31.5 Å². The molecule has 1 fully saturated rings. The summed E-state index contributed by atoms with van der Waals surface area (Å²) in [5, 5.41) is 3.02. The molecule has 150 valence electrons. The van der Waals surface area contributed by atoms with Gasteiger partial charge in [0.05, 0.1) is 19.6 Å². The number of anilines is 1. The van der Waals surface area contributed by atoms with Crippen LogP contribution in [0.25, 0.3) is 0 Å². The minimum Gasteiger partial charge on any atom is -0.330 e. The van der Waals surface area contributed by atoms with E-state index in [0.29, 0.717) is 0 Å². The number of nitrogens with zero attached hydrogens (tertiary/aromatic N) is 1. The predicted octanol–water partition coefficient (Wildman–Crippen LogP) is 3.45. The Morgan fingerprint density at radius 1 is 1.04 bits per heavy atom. The maximum Gasteiger partial charge on any atom is 0.322 e. The average molecular weight is 385 g/mol. The van der Waals surface area contributed by atoms with Gasteiger partial charge in [0.25, 0.3) is 0 Å². The second kappa shape index (κ2) is 8.74. The summed E-state index contributed by atoms with van der Waals surface area (Å²) in [5.74, 6) is -0.201. The Kier molecular flexibility index (Phi) is 6.35. The lowest BCUT2D eigenvalue weighted by atomic mass is 9.87. The first kappa shape index (κ1) is 20.3. The largest absolute Gasteiger partial charge is 0.330 e. The first-order chi connectivity index (χ1) is 13.3. The fourth-order valence-corrected chi connectivity index (χ4v) is 3.58. The maximum absolute atomic E-state index is 13.1. The van der Waals surface area contributed by atoms with Gasteiger partial charge in [0.15, 0.2) is 0 Å². The third kappa shape index (κ3) is 5.55. The molecule has 2 N–H and O–H groups in total. The van der Waals surface area contributed by atoms with Crippen molar-refractivity contribution in [1.29, 1.82) is 0 Å². The van der Waals surface area contributed by atoms with Crippen molar-refractivity contribution in [3.63, 3.8) is 0 Å². The molecule has 1 saturated heterocycles. The van der Waals surface area contributed by atoms with Gasteiger partial charge in [-0.1, -0.05) is 45.0 Å². The second-order valence-corrected chi connectivity index (χ2v) is 8.65. The summed E-state index contributed by atoms with van der Waals surface area (Å²) < 4.78 is 13.1. The molecule has 2 amide bonds. The van der Waals surface area contributed by atoms with E-state index in [1.54, 1.807) is 0 Å². The summed E-state index contributed by atoms with van der Waals surface area (Å²) in [4.78, 5) is 16.0. The van der Waals surface area contributed by atoms with E-state index in [9.17, 15) is 9.18 Å². The van der Waals surface area contributed by atoms with Crippen LogP contribution in [0.5, 0.6) is 0 Å². The third-order valence-corrected chi connectivity index (χ3v) is 5.35. The smallest absolute Gasteiger partial charge is 0.322 e. The zero-order valence-electron chi connectivity index (χ0n) is 17.1. The van der Waals surface area contributed by atoms with Crippen LogP contribution in [-0.2, 0) is 12.0 Å². The molecule has 0 aliphatic carbocycles. The van der Waals surface area contributed by atoms with Crippen molar-refractivity contribution in [2.24, 2.45) is 0 Å². The standard InChI is InChI=1S/C23H30FN3O/c1-23(2,3)19-7-11-21(12-8-19)25-22(28)27-14-4-13-26(15-16-27)17-18-5-9-20(24)10-6-18/h5-12H,4,13-17H2,1-3H3,(H,25,28)/p+1. The molecule has 3 rings (SSSR count). The van der Waals surface area contributed by atoms with E-state index in [4.69, 9.17) is 0 Å². The van der Waals surface area contributed by atoms with Crippen LogP contribution in [0.3, 0.4) is 0 Å². The molecule has 0 saturated carbocycles. The molecular weight excluding hydrogens is 353 g/mol. The number of halogens is 1. The number of rotatable bonds is 3. The molecule has 2 aromatic rings. The summed E-state index contributed by atoms with van der Waals surface area (Å²) in [6, 6.07) is 14.8. The number of carbonyl (C=O) groups is 1. The minimum absolute atomic E-state index is 0.0356. The van der Waals surface area contributed by atoms with E-state index < -0.39 is 0 Å². The van der Waals surface area contributed by atoms with Crippen LogP contribution in [0.15, 0.2) is 48.5 Å². The van der Waals surface area contributed by atoms with Crippen molar-refractivity contribution in [3.05, 3.63) is 65.5 Å². The van der Waals surface area contributed by atoms with Gasteiger partial charge in [0.1, 0.15) is 12.4 Å². The van der Waals surface area contributed by atoms with E-state index in [2.05, 4.69) is 38.2 Å². The van der Waals surface area contributed by atoms with Crippen LogP contribution >= 0.6 is 0 Å². The maximum atomic E-state index is 13.1. The molecule has 0 spiro atoms. The summed E-state index contributed by atoms with van der Waals surface area (Å²) >= 11 is 0. The first-order valence-corrected chi connectivity index (χ1v) is 10.1. The van der Waals surface area contributed by atoms with Gasteiger partial charge in [-0.05, 0) is 35.2 Å². The van der Waals surface area contributed by atoms with Crippen LogP contribution < -0.4 is 10.2 Å². The number of urea groups is 1. The van der Waals surface area contributed by atoms with Crippen LogP contribution in [0.4, 0.5) is 14.9 Å². The summed E-state index contributed by atoms with van der Waals surface area (Å²) in [7, 11) is 0. The van der Waals surface area contributed by atoms with Gasteiger partial charge >= 0.3 is 6.03 Å². The average Bonchev–Trinajstić information content (AvgIpc) is 2.89. The van der Waals surface area contributed by atoms with Gasteiger partial charge in [-0.3, -0.25) is 0 Å². The number of benzene rings is 2. The molecule has 4 nitrogen and oxygen atoms in total. The number of hydrogen-bond donors (Lipinski definition) is 2. The number of nitrogens with one attached hydrogen (secondary N) is 2. The molecule has 1 aliphatic heterocycles. The predicted molar refractivity (Wildman–Crippen MR) is 111 cm³/mol. The van der Waals surface area contributed by atoms with Gasteiger partial charge < -0.3 is 15.1 Å². The molecule has 1 heterocycles. The molecule has 28 heavy (non-hydrogen) atoms. The highest BCUT2D eigenvalue weighted by Crippen LogP contribution is 2.23. The van der Waals surface area contributed by atoms with Gasteiger partial charge in [-0.25, -0.2) is 9.18 Å². The van der Waals surface area contributed by atoms with E-state index in [1.165, 1.54) is 22.6 Å². The highest BCUT2D eigenvalue weighted by atomic mass is 19.1.